The zero-order valence-corrected chi connectivity index (χ0v) is 23.5. The fourth-order valence-corrected chi connectivity index (χ4v) is 6.32. The molecule has 3 aliphatic rings. The molecule has 6 rings (SSSR count). The SMILES string of the molecule is CN1C(=O)c2cc(NC(=O)c3ccccc3Cl)ccc2OC[C@@H]2O[C@H](CC(=O)NC3Cc4ccccc4C3)CC[C@@H]21. The van der Waals surface area contributed by atoms with E-state index in [9.17, 15) is 14.4 Å². The molecule has 2 heterocycles. The van der Waals surface area contributed by atoms with Crippen LogP contribution in [-0.2, 0) is 22.4 Å². The molecule has 41 heavy (non-hydrogen) atoms. The highest BCUT2D eigenvalue weighted by Crippen LogP contribution is 2.33. The zero-order valence-electron chi connectivity index (χ0n) is 22.8. The van der Waals surface area contributed by atoms with Crippen molar-refractivity contribution in [2.24, 2.45) is 0 Å². The van der Waals surface area contributed by atoms with Crippen LogP contribution in [0.2, 0.25) is 5.02 Å². The molecule has 0 saturated carbocycles. The monoisotopic (exact) mass is 573 g/mol. The fraction of sp³-hybridized carbons (Fsp3) is 0.344. The maximum atomic E-state index is 13.5. The number of nitrogens with one attached hydrogen (secondary N) is 2. The minimum absolute atomic E-state index is 0.0147. The molecule has 212 valence electrons. The lowest BCUT2D eigenvalue weighted by Crippen LogP contribution is -2.54. The van der Waals surface area contributed by atoms with Gasteiger partial charge >= 0.3 is 0 Å². The number of amides is 3. The number of hydrogen-bond acceptors (Lipinski definition) is 5. The molecule has 3 aromatic carbocycles. The number of fused-ring (bicyclic) bond motifs is 3. The van der Waals surface area contributed by atoms with E-state index in [1.807, 2.05) is 12.1 Å². The average Bonchev–Trinajstić information content (AvgIpc) is 3.37. The predicted octanol–water partition coefficient (Wildman–Crippen LogP) is 4.65. The summed E-state index contributed by atoms with van der Waals surface area (Å²) in [7, 11) is 1.76. The van der Waals surface area contributed by atoms with E-state index >= 15 is 0 Å². The summed E-state index contributed by atoms with van der Waals surface area (Å²) < 4.78 is 12.4. The number of carbonyl (C=O) groups excluding carboxylic acids is 3. The van der Waals surface area contributed by atoms with Crippen LogP contribution in [0, 0.1) is 0 Å². The van der Waals surface area contributed by atoms with Crippen molar-refractivity contribution in [3.63, 3.8) is 0 Å². The van der Waals surface area contributed by atoms with E-state index in [0.29, 0.717) is 40.4 Å². The number of halogens is 1. The van der Waals surface area contributed by atoms with E-state index in [0.717, 1.165) is 12.8 Å². The molecule has 0 aromatic heterocycles. The van der Waals surface area contributed by atoms with Crippen molar-refractivity contribution in [2.45, 2.75) is 56.4 Å². The second-order valence-corrected chi connectivity index (χ2v) is 11.4. The highest BCUT2D eigenvalue weighted by molar-refractivity contribution is 6.34. The Morgan fingerprint density at radius 1 is 1.00 bits per heavy atom. The summed E-state index contributed by atoms with van der Waals surface area (Å²) in [5.74, 6) is -0.181. The minimum atomic E-state index is -0.364. The van der Waals surface area contributed by atoms with Gasteiger partial charge in [0.05, 0.1) is 34.7 Å². The molecule has 3 amide bonds. The summed E-state index contributed by atoms with van der Waals surface area (Å²) in [5, 5.41) is 6.34. The third-order valence-corrected chi connectivity index (χ3v) is 8.55. The van der Waals surface area contributed by atoms with Crippen molar-refractivity contribution in [2.75, 3.05) is 19.0 Å². The molecule has 2 aliphatic heterocycles. The van der Waals surface area contributed by atoms with Crippen molar-refractivity contribution < 1.29 is 23.9 Å². The summed E-state index contributed by atoms with van der Waals surface area (Å²) in [6.45, 7) is 0.247. The molecule has 9 heteroatoms. The second kappa shape index (κ2) is 11.5. The lowest BCUT2D eigenvalue weighted by molar-refractivity contribution is -0.134. The minimum Gasteiger partial charge on any atom is -0.490 e. The third-order valence-electron chi connectivity index (χ3n) is 8.22. The number of hydrogen-bond donors (Lipinski definition) is 2. The Morgan fingerprint density at radius 2 is 1.73 bits per heavy atom. The molecule has 1 saturated heterocycles. The number of nitrogens with zero attached hydrogens (tertiary/aromatic N) is 1. The number of ether oxygens (including phenoxy) is 2. The van der Waals surface area contributed by atoms with Crippen LogP contribution >= 0.6 is 11.6 Å². The zero-order chi connectivity index (χ0) is 28.5. The first-order valence-corrected chi connectivity index (χ1v) is 14.3. The van der Waals surface area contributed by atoms with E-state index < -0.39 is 0 Å². The molecular weight excluding hydrogens is 542 g/mol. The van der Waals surface area contributed by atoms with Crippen LogP contribution in [0.3, 0.4) is 0 Å². The predicted molar refractivity (Wildman–Crippen MR) is 156 cm³/mol. The Kier molecular flexibility index (Phi) is 7.69. The first-order chi connectivity index (χ1) is 19.9. The molecular formula is C32H32ClN3O5. The Bertz CT molecular complexity index is 1470. The van der Waals surface area contributed by atoms with E-state index in [-0.39, 0.29) is 55.0 Å². The Balaban J connectivity index is 1.09. The van der Waals surface area contributed by atoms with Crippen LogP contribution in [0.4, 0.5) is 5.69 Å². The summed E-state index contributed by atoms with van der Waals surface area (Å²) >= 11 is 6.17. The Labute approximate surface area is 244 Å². The summed E-state index contributed by atoms with van der Waals surface area (Å²) in [6.07, 6.45) is 2.73. The van der Waals surface area contributed by atoms with Gasteiger partial charge in [-0.25, -0.2) is 0 Å². The second-order valence-electron chi connectivity index (χ2n) is 11.0. The molecule has 1 fully saturated rings. The number of rotatable bonds is 5. The van der Waals surface area contributed by atoms with E-state index in [2.05, 4.69) is 22.8 Å². The van der Waals surface area contributed by atoms with Gasteiger partial charge in [0.1, 0.15) is 18.5 Å². The number of likely N-dealkylation sites (N-methyl/N-ethyl adjacent to an activating group) is 1. The van der Waals surface area contributed by atoms with E-state index in [1.165, 1.54) is 11.1 Å². The van der Waals surface area contributed by atoms with Crippen molar-refractivity contribution in [1.29, 1.82) is 0 Å². The van der Waals surface area contributed by atoms with Crippen molar-refractivity contribution >= 4 is 35.0 Å². The van der Waals surface area contributed by atoms with Gasteiger partial charge in [-0.2, -0.15) is 0 Å². The first-order valence-electron chi connectivity index (χ1n) is 14.0. The maximum absolute atomic E-state index is 13.5. The standard InChI is InChI=1S/C32H32ClN3O5/c1-36-27-12-11-23(17-30(37)34-22-14-19-6-2-3-7-20(19)15-22)41-29(27)18-40-28-13-10-21(16-25(28)32(36)39)35-31(38)24-8-4-5-9-26(24)33/h2-10,13,16,22-23,27,29H,11-12,14-15,17-18H2,1H3,(H,34,37)(H,35,38)/t23-,27-,29-/m0/s1. The lowest BCUT2D eigenvalue weighted by Gasteiger charge is -2.42. The number of carbonyl (C=O) groups is 3. The number of anilines is 1. The van der Waals surface area contributed by atoms with Crippen molar-refractivity contribution in [3.05, 3.63) is 94.0 Å². The number of benzene rings is 3. The summed E-state index contributed by atoms with van der Waals surface area (Å²) in [5.41, 5.74) is 3.77. The van der Waals surface area contributed by atoms with Crippen molar-refractivity contribution in [3.8, 4) is 5.75 Å². The quantitative estimate of drug-likeness (QED) is 0.463. The van der Waals surface area contributed by atoms with Crippen LogP contribution in [0.5, 0.6) is 5.75 Å². The van der Waals surface area contributed by atoms with Crippen LogP contribution in [0.1, 0.15) is 51.1 Å². The molecule has 0 radical (unpaired) electrons. The van der Waals surface area contributed by atoms with Gasteiger partial charge in [0, 0.05) is 18.8 Å². The lowest BCUT2D eigenvalue weighted by atomic mass is 9.94. The largest absolute Gasteiger partial charge is 0.490 e. The first kappa shape index (κ1) is 27.3. The van der Waals surface area contributed by atoms with E-state index in [4.69, 9.17) is 21.1 Å². The van der Waals surface area contributed by atoms with Gasteiger partial charge in [0.15, 0.2) is 0 Å². The summed E-state index contributed by atoms with van der Waals surface area (Å²) in [4.78, 5) is 40.9. The molecule has 0 bridgehead atoms. The fourth-order valence-electron chi connectivity index (χ4n) is 6.10. The maximum Gasteiger partial charge on any atom is 0.257 e. The molecule has 1 aliphatic carbocycles. The normalized spacial score (nSPS) is 22.0. The van der Waals surface area contributed by atoms with Crippen LogP contribution in [0.25, 0.3) is 0 Å². The van der Waals surface area contributed by atoms with Gasteiger partial charge in [0.25, 0.3) is 11.8 Å². The van der Waals surface area contributed by atoms with E-state index in [1.54, 1.807) is 54.4 Å². The van der Waals surface area contributed by atoms with Crippen LogP contribution < -0.4 is 15.4 Å². The Morgan fingerprint density at radius 3 is 2.49 bits per heavy atom. The highest BCUT2D eigenvalue weighted by atomic mass is 35.5. The van der Waals surface area contributed by atoms with Crippen molar-refractivity contribution in [1.82, 2.24) is 10.2 Å². The molecule has 0 unspecified atom stereocenters. The topological polar surface area (TPSA) is 97.0 Å². The molecule has 2 N–H and O–H groups in total. The third kappa shape index (κ3) is 5.80. The van der Waals surface area contributed by atoms with Gasteiger partial charge in [-0.1, -0.05) is 48.0 Å². The van der Waals surface area contributed by atoms with Gasteiger partial charge in [0.2, 0.25) is 5.91 Å². The molecule has 3 aromatic rings. The average molecular weight is 574 g/mol. The van der Waals surface area contributed by atoms with Crippen LogP contribution in [0.15, 0.2) is 66.7 Å². The van der Waals surface area contributed by atoms with Crippen LogP contribution in [-0.4, -0.2) is 60.6 Å². The smallest absolute Gasteiger partial charge is 0.257 e. The summed E-state index contributed by atoms with van der Waals surface area (Å²) in [6, 6.07) is 20.0. The molecule has 0 spiro atoms. The van der Waals surface area contributed by atoms with Gasteiger partial charge in [-0.15, -0.1) is 0 Å². The van der Waals surface area contributed by atoms with Gasteiger partial charge < -0.3 is 25.0 Å². The van der Waals surface area contributed by atoms with Gasteiger partial charge in [-0.05, 0) is 67.1 Å². The molecule has 3 atom stereocenters. The Hall–Kier alpha value is -3.88. The van der Waals surface area contributed by atoms with Gasteiger partial charge in [-0.3, -0.25) is 14.4 Å². The molecule has 8 nitrogen and oxygen atoms in total. The highest BCUT2D eigenvalue weighted by Gasteiger charge is 2.39.